The zero-order chi connectivity index (χ0) is 11.4. The van der Waals surface area contributed by atoms with E-state index in [1.807, 2.05) is 54.1 Å². The van der Waals surface area contributed by atoms with E-state index in [-0.39, 0.29) is 5.91 Å². The van der Waals surface area contributed by atoms with Crippen molar-refractivity contribution in [3.63, 3.8) is 0 Å². The van der Waals surface area contributed by atoms with Crippen LogP contribution in [-0.2, 0) is 0 Å². The normalized spacial score (nSPS) is 11.4. The molecule has 0 fully saturated rings. The number of amides is 1. The maximum Gasteiger partial charge on any atom is 0.429 e. The van der Waals surface area contributed by atoms with Crippen LogP contribution in [0.2, 0.25) is 0 Å². The van der Waals surface area contributed by atoms with Crippen molar-refractivity contribution in [1.29, 1.82) is 0 Å². The predicted molar refractivity (Wildman–Crippen MR) is 66.4 cm³/mol. The first-order valence-electron chi connectivity index (χ1n) is 4.98. The molecule has 0 aliphatic carbocycles. The quantitative estimate of drug-likeness (QED) is 0.573. The molecular weight excluding hydrogens is 218 g/mol. The molecular formula is C13H12NOS+. The fourth-order valence-electron chi connectivity index (χ4n) is 1.40. The monoisotopic (exact) mass is 230 g/mol. The van der Waals surface area contributed by atoms with Gasteiger partial charge in [0.2, 0.25) is 0 Å². The molecule has 0 spiro atoms. The van der Waals surface area contributed by atoms with Gasteiger partial charge in [0.15, 0.2) is 6.21 Å². The Morgan fingerprint density at radius 1 is 1.19 bits per heavy atom. The van der Waals surface area contributed by atoms with Crippen molar-refractivity contribution in [2.45, 2.75) is 0 Å². The molecule has 1 aromatic carbocycles. The van der Waals surface area contributed by atoms with Crippen LogP contribution in [0, 0.1) is 0 Å². The van der Waals surface area contributed by atoms with Gasteiger partial charge in [-0.3, -0.25) is 0 Å². The first-order valence-corrected chi connectivity index (χ1v) is 5.86. The molecule has 0 N–H and O–H groups in total. The second-order valence-electron chi connectivity index (χ2n) is 3.43. The van der Waals surface area contributed by atoms with E-state index >= 15 is 0 Å². The van der Waals surface area contributed by atoms with Gasteiger partial charge in [-0.25, -0.2) is 4.79 Å². The molecule has 1 aromatic heterocycles. The minimum Gasteiger partial charge on any atom is -0.213 e. The first-order chi connectivity index (χ1) is 7.77. The maximum atomic E-state index is 11.9. The van der Waals surface area contributed by atoms with Crippen LogP contribution in [0.25, 0.3) is 0 Å². The smallest absolute Gasteiger partial charge is 0.213 e. The van der Waals surface area contributed by atoms with Gasteiger partial charge in [0.1, 0.15) is 11.9 Å². The molecule has 0 bridgehead atoms. The average Bonchev–Trinajstić information content (AvgIpc) is 2.83. The maximum absolute atomic E-state index is 11.9. The van der Waals surface area contributed by atoms with E-state index < -0.39 is 0 Å². The van der Waals surface area contributed by atoms with Crippen LogP contribution < -0.4 is 0 Å². The van der Waals surface area contributed by atoms with Gasteiger partial charge in [-0.05, 0) is 23.6 Å². The van der Waals surface area contributed by atoms with Gasteiger partial charge in [0, 0.05) is 5.56 Å². The summed E-state index contributed by atoms with van der Waals surface area (Å²) < 4.78 is 1.61. The zero-order valence-electron chi connectivity index (χ0n) is 8.96. The van der Waals surface area contributed by atoms with E-state index in [2.05, 4.69) is 0 Å². The lowest BCUT2D eigenvalue weighted by molar-refractivity contribution is -0.388. The number of rotatable bonds is 2. The van der Waals surface area contributed by atoms with Crippen LogP contribution in [0.3, 0.4) is 0 Å². The van der Waals surface area contributed by atoms with Gasteiger partial charge < -0.3 is 0 Å². The van der Waals surface area contributed by atoms with Crippen molar-refractivity contribution >= 4 is 23.5 Å². The molecule has 0 aliphatic heterocycles. The van der Waals surface area contributed by atoms with E-state index in [1.54, 1.807) is 11.6 Å². The Labute approximate surface area is 98.5 Å². The summed E-state index contributed by atoms with van der Waals surface area (Å²) in [5, 5.41) is 1.91. The van der Waals surface area contributed by atoms with Crippen molar-refractivity contribution in [1.82, 2.24) is 0 Å². The van der Waals surface area contributed by atoms with Crippen molar-refractivity contribution in [3.8, 4) is 0 Å². The Morgan fingerprint density at radius 3 is 2.56 bits per heavy atom. The van der Waals surface area contributed by atoms with E-state index in [4.69, 9.17) is 0 Å². The molecule has 2 rings (SSSR count). The van der Waals surface area contributed by atoms with E-state index in [9.17, 15) is 4.79 Å². The van der Waals surface area contributed by atoms with E-state index in [0.29, 0.717) is 0 Å². The highest BCUT2D eigenvalue weighted by Gasteiger charge is 2.16. The second-order valence-corrected chi connectivity index (χ2v) is 4.38. The van der Waals surface area contributed by atoms with Crippen molar-refractivity contribution in [2.75, 3.05) is 7.05 Å². The molecule has 16 heavy (non-hydrogen) atoms. The van der Waals surface area contributed by atoms with Crippen LogP contribution in [0.4, 0.5) is 0 Å². The van der Waals surface area contributed by atoms with Crippen molar-refractivity contribution in [2.24, 2.45) is 0 Å². The van der Waals surface area contributed by atoms with Crippen LogP contribution >= 0.6 is 11.3 Å². The summed E-state index contributed by atoms with van der Waals surface area (Å²) in [4.78, 5) is 12.7. The summed E-state index contributed by atoms with van der Waals surface area (Å²) >= 11 is 1.46. The largest absolute Gasteiger partial charge is 0.429 e. The summed E-state index contributed by atoms with van der Waals surface area (Å²) in [5.74, 6) is 0.0267. The van der Waals surface area contributed by atoms with Crippen LogP contribution in [0.5, 0.6) is 0 Å². The highest BCUT2D eigenvalue weighted by molar-refractivity contribution is 7.11. The Bertz CT molecular complexity index is 500. The van der Waals surface area contributed by atoms with Gasteiger partial charge >= 0.3 is 5.91 Å². The van der Waals surface area contributed by atoms with Crippen LogP contribution in [-0.4, -0.2) is 23.7 Å². The summed E-state index contributed by atoms with van der Waals surface area (Å²) in [6.45, 7) is 0. The third-order valence-corrected chi connectivity index (χ3v) is 3.05. The molecule has 3 heteroatoms. The summed E-state index contributed by atoms with van der Waals surface area (Å²) in [7, 11) is 1.77. The number of hydrogen-bond donors (Lipinski definition) is 0. The average molecular weight is 230 g/mol. The summed E-state index contributed by atoms with van der Waals surface area (Å²) in [6, 6.07) is 13.5. The summed E-state index contributed by atoms with van der Waals surface area (Å²) in [5.41, 5.74) is 1.02. The fraction of sp³-hybridized carbons (Fsp3) is 0.0769. The fourth-order valence-corrected chi connectivity index (χ4v) is 2.10. The molecule has 0 atom stereocenters. The van der Waals surface area contributed by atoms with Gasteiger partial charge in [0.25, 0.3) is 0 Å². The molecule has 0 aliphatic rings. The highest BCUT2D eigenvalue weighted by Crippen LogP contribution is 2.09. The summed E-state index contributed by atoms with van der Waals surface area (Å²) in [6.07, 6.45) is 1.84. The Kier molecular flexibility index (Phi) is 3.27. The molecule has 1 heterocycles. The Hall–Kier alpha value is -1.74. The molecule has 0 radical (unpaired) electrons. The van der Waals surface area contributed by atoms with E-state index in [1.165, 1.54) is 11.3 Å². The molecule has 2 aromatic rings. The minimum atomic E-state index is 0.0267. The van der Waals surface area contributed by atoms with Gasteiger partial charge in [0.05, 0.1) is 0 Å². The predicted octanol–water partition coefficient (Wildman–Crippen LogP) is 2.65. The lowest BCUT2D eigenvalue weighted by Crippen LogP contribution is -2.16. The number of carbonyl (C=O) groups excluding carboxylic acids is 1. The van der Waals surface area contributed by atoms with Crippen molar-refractivity contribution in [3.05, 3.63) is 58.3 Å². The van der Waals surface area contributed by atoms with Crippen molar-refractivity contribution < 1.29 is 9.37 Å². The number of benzene rings is 1. The molecule has 1 amide bonds. The number of nitrogens with zero attached hydrogens (tertiary/aromatic N) is 1. The lowest BCUT2D eigenvalue weighted by atomic mass is 10.2. The van der Waals surface area contributed by atoms with E-state index in [0.717, 1.165) is 10.4 Å². The number of hydrogen-bond acceptors (Lipinski definition) is 2. The molecule has 0 saturated carbocycles. The topological polar surface area (TPSA) is 20.1 Å². The number of thiophene rings is 1. The molecule has 80 valence electrons. The SMILES string of the molecule is C[N+](=Cc1ccccc1)C(=O)c1cccs1. The molecule has 0 saturated heterocycles. The Morgan fingerprint density at radius 2 is 1.94 bits per heavy atom. The second kappa shape index (κ2) is 4.86. The lowest BCUT2D eigenvalue weighted by Gasteiger charge is -1.93. The molecule has 0 unspecified atom stereocenters. The standard InChI is InChI=1S/C13H12NOS/c1-14(10-11-6-3-2-4-7-11)13(15)12-8-5-9-16-12/h2-10H,1H3/q+1. The van der Waals surface area contributed by atoms with Crippen LogP contribution in [0.15, 0.2) is 47.8 Å². The van der Waals surface area contributed by atoms with Gasteiger partial charge in [-0.2, -0.15) is 4.58 Å². The van der Waals surface area contributed by atoms with Crippen LogP contribution in [0.1, 0.15) is 15.2 Å². The minimum absolute atomic E-state index is 0.0267. The highest BCUT2D eigenvalue weighted by atomic mass is 32.1. The van der Waals surface area contributed by atoms with Gasteiger partial charge in [-0.1, -0.05) is 24.3 Å². The third kappa shape index (κ3) is 2.44. The first kappa shape index (κ1) is 10.8. The third-order valence-electron chi connectivity index (χ3n) is 2.19. The number of carbonyl (C=O) groups is 1. The molecule has 2 nitrogen and oxygen atoms in total. The van der Waals surface area contributed by atoms with Gasteiger partial charge in [-0.15, -0.1) is 11.3 Å². The Balaban J connectivity index is 2.23. The zero-order valence-corrected chi connectivity index (χ0v) is 9.78.